The molecule has 12 heteroatoms. The number of pyridine rings is 3. The molecule has 0 fully saturated rings. The maximum Gasteiger partial charge on any atom is 0.224 e. The predicted octanol–water partition coefficient (Wildman–Crippen LogP) is 6.40. The standard InChI is InChI=1S/C29H25FN8O2S/c1-14(39)19-5-6-20(41-19)17-7-8-32-27-25(17)35-28(36-27)26-22-18(37-38-26)13-33-24(23(22)30)15-9-16(12-31-11-15)34-21(40)10-29(2,3)4/h5-9,11-13H,10H2,1-4H3,(H,34,40)(H,37,38)(H,32,35,36). The second-order valence-electron chi connectivity index (χ2n) is 10.9. The molecular weight excluding hydrogens is 543 g/mol. The van der Waals surface area contributed by atoms with Crippen molar-refractivity contribution >= 4 is 50.8 Å². The summed E-state index contributed by atoms with van der Waals surface area (Å²) >= 11 is 1.37. The molecule has 0 aliphatic heterocycles. The van der Waals surface area contributed by atoms with Crippen LogP contribution in [0.4, 0.5) is 10.1 Å². The molecule has 41 heavy (non-hydrogen) atoms. The number of ketones is 1. The van der Waals surface area contributed by atoms with Gasteiger partial charge in [0, 0.05) is 34.8 Å². The van der Waals surface area contributed by atoms with Crippen LogP contribution in [0.3, 0.4) is 0 Å². The van der Waals surface area contributed by atoms with Gasteiger partial charge < -0.3 is 10.3 Å². The number of rotatable bonds is 6. The molecular formula is C29H25FN8O2S. The fourth-order valence-electron chi connectivity index (χ4n) is 4.57. The summed E-state index contributed by atoms with van der Waals surface area (Å²) in [6.07, 6.45) is 6.47. The Kier molecular flexibility index (Phi) is 6.41. The average molecular weight is 569 g/mol. The number of amides is 1. The molecule has 0 atom stereocenters. The van der Waals surface area contributed by atoms with Crippen molar-refractivity contribution in [3.63, 3.8) is 0 Å². The number of nitrogens with zero attached hydrogens (tertiary/aromatic N) is 5. The molecule has 6 aromatic rings. The number of hydrogen-bond acceptors (Lipinski definition) is 8. The van der Waals surface area contributed by atoms with Crippen molar-refractivity contribution in [1.82, 2.24) is 35.1 Å². The van der Waals surface area contributed by atoms with Crippen LogP contribution in [0.25, 0.3) is 55.3 Å². The lowest BCUT2D eigenvalue weighted by atomic mass is 9.92. The summed E-state index contributed by atoms with van der Waals surface area (Å²) in [5.74, 6) is -0.448. The molecule has 206 valence electrons. The zero-order chi connectivity index (χ0) is 28.9. The van der Waals surface area contributed by atoms with E-state index >= 15 is 4.39 Å². The van der Waals surface area contributed by atoms with E-state index in [1.807, 2.05) is 32.9 Å². The molecule has 6 heterocycles. The van der Waals surface area contributed by atoms with Gasteiger partial charge in [-0.15, -0.1) is 11.3 Å². The van der Waals surface area contributed by atoms with Gasteiger partial charge in [-0.1, -0.05) is 20.8 Å². The monoisotopic (exact) mass is 568 g/mol. The van der Waals surface area contributed by atoms with Crippen LogP contribution in [0.1, 0.15) is 43.8 Å². The van der Waals surface area contributed by atoms with E-state index < -0.39 is 5.82 Å². The zero-order valence-electron chi connectivity index (χ0n) is 22.7. The smallest absolute Gasteiger partial charge is 0.224 e. The predicted molar refractivity (Wildman–Crippen MR) is 156 cm³/mol. The van der Waals surface area contributed by atoms with Crippen LogP contribution in [0.15, 0.2) is 49.1 Å². The minimum absolute atomic E-state index is 0.00910. The summed E-state index contributed by atoms with van der Waals surface area (Å²) in [6, 6.07) is 7.12. The van der Waals surface area contributed by atoms with Crippen LogP contribution in [-0.2, 0) is 4.79 Å². The van der Waals surface area contributed by atoms with E-state index in [1.54, 1.807) is 18.3 Å². The van der Waals surface area contributed by atoms with Gasteiger partial charge in [-0.05, 0) is 36.6 Å². The number of carbonyl (C=O) groups excluding carboxylic acids is 2. The summed E-state index contributed by atoms with van der Waals surface area (Å²) in [5.41, 5.74) is 3.27. The number of nitrogens with one attached hydrogen (secondary N) is 3. The first-order valence-corrected chi connectivity index (χ1v) is 13.6. The fraction of sp³-hybridized carbons (Fsp3) is 0.207. The second kappa shape index (κ2) is 9.97. The van der Waals surface area contributed by atoms with Crippen molar-refractivity contribution in [2.45, 2.75) is 34.1 Å². The molecule has 0 aliphatic rings. The number of carbonyl (C=O) groups is 2. The van der Waals surface area contributed by atoms with Crippen molar-refractivity contribution in [2.24, 2.45) is 5.41 Å². The van der Waals surface area contributed by atoms with Crippen molar-refractivity contribution in [3.05, 3.63) is 59.7 Å². The first-order chi connectivity index (χ1) is 19.6. The van der Waals surface area contributed by atoms with E-state index in [2.05, 4.69) is 35.5 Å². The quantitative estimate of drug-likeness (QED) is 0.197. The number of imidazole rings is 1. The molecule has 3 N–H and O–H groups in total. The highest BCUT2D eigenvalue weighted by Gasteiger charge is 2.22. The van der Waals surface area contributed by atoms with Crippen LogP contribution in [-0.4, -0.2) is 46.8 Å². The Morgan fingerprint density at radius 3 is 2.66 bits per heavy atom. The van der Waals surface area contributed by atoms with E-state index in [9.17, 15) is 9.59 Å². The number of halogens is 1. The molecule has 0 bridgehead atoms. The molecule has 0 unspecified atom stereocenters. The SMILES string of the molecule is CC(=O)c1ccc(-c2ccnc3[nH]c(-c4n[nH]c5cnc(-c6cncc(NC(=O)CC(C)(C)C)c6)c(F)c45)nc23)s1. The highest BCUT2D eigenvalue weighted by atomic mass is 32.1. The van der Waals surface area contributed by atoms with Crippen LogP contribution in [0, 0.1) is 11.2 Å². The normalized spacial score (nSPS) is 11.8. The topological polar surface area (TPSA) is 142 Å². The average Bonchev–Trinajstić information content (AvgIpc) is 3.65. The van der Waals surface area contributed by atoms with Crippen molar-refractivity contribution < 1.29 is 14.0 Å². The van der Waals surface area contributed by atoms with E-state index in [0.717, 1.165) is 10.4 Å². The maximum atomic E-state index is 16.1. The minimum Gasteiger partial charge on any atom is -0.325 e. The highest BCUT2D eigenvalue weighted by molar-refractivity contribution is 7.17. The van der Waals surface area contributed by atoms with Gasteiger partial charge in [0.05, 0.1) is 33.9 Å². The van der Waals surface area contributed by atoms with Crippen LogP contribution in [0.2, 0.25) is 0 Å². The van der Waals surface area contributed by atoms with Gasteiger partial charge in [0.2, 0.25) is 5.91 Å². The van der Waals surface area contributed by atoms with Crippen molar-refractivity contribution in [3.8, 4) is 33.2 Å². The number of H-pyrrole nitrogens is 2. The summed E-state index contributed by atoms with van der Waals surface area (Å²) in [4.78, 5) is 46.5. The Labute approximate surface area is 237 Å². The Bertz CT molecular complexity index is 1970. The van der Waals surface area contributed by atoms with Crippen molar-refractivity contribution in [2.75, 3.05) is 5.32 Å². The lowest BCUT2D eigenvalue weighted by Crippen LogP contribution is -2.19. The molecule has 0 spiro atoms. The number of fused-ring (bicyclic) bond motifs is 2. The number of aromatic nitrogens is 7. The molecule has 0 saturated heterocycles. The van der Waals surface area contributed by atoms with Gasteiger partial charge in [0.25, 0.3) is 0 Å². The Morgan fingerprint density at radius 2 is 1.90 bits per heavy atom. The van der Waals surface area contributed by atoms with Crippen LogP contribution < -0.4 is 5.32 Å². The van der Waals surface area contributed by atoms with Gasteiger partial charge in [-0.2, -0.15) is 5.10 Å². The number of aromatic amines is 2. The number of hydrogen-bond donors (Lipinski definition) is 3. The third-order valence-electron chi connectivity index (χ3n) is 6.36. The first kappa shape index (κ1) is 26.4. The number of Topliss-reactive ketones (excluding diaryl/α,β-unsaturated/α-hetero) is 1. The van der Waals surface area contributed by atoms with Gasteiger partial charge in [-0.3, -0.25) is 24.7 Å². The fourth-order valence-corrected chi connectivity index (χ4v) is 5.49. The number of anilines is 1. The third-order valence-corrected chi connectivity index (χ3v) is 7.58. The lowest BCUT2D eigenvalue weighted by molar-refractivity contribution is -0.117. The van der Waals surface area contributed by atoms with E-state index in [0.29, 0.717) is 45.1 Å². The van der Waals surface area contributed by atoms with Crippen LogP contribution >= 0.6 is 11.3 Å². The molecule has 0 saturated carbocycles. The summed E-state index contributed by atoms with van der Waals surface area (Å²) in [5, 5.41) is 10.2. The van der Waals surface area contributed by atoms with E-state index in [1.165, 1.54) is 36.9 Å². The summed E-state index contributed by atoms with van der Waals surface area (Å²) < 4.78 is 16.1. The molecule has 1 amide bonds. The first-order valence-electron chi connectivity index (χ1n) is 12.8. The molecule has 6 rings (SSSR count). The van der Waals surface area contributed by atoms with E-state index in [4.69, 9.17) is 4.98 Å². The third kappa shape index (κ3) is 5.09. The van der Waals surface area contributed by atoms with E-state index in [-0.39, 0.29) is 33.9 Å². The van der Waals surface area contributed by atoms with Gasteiger partial charge in [0.1, 0.15) is 16.9 Å². The molecule has 0 radical (unpaired) electrons. The van der Waals surface area contributed by atoms with Gasteiger partial charge in [0.15, 0.2) is 23.1 Å². The largest absolute Gasteiger partial charge is 0.325 e. The molecule has 10 nitrogen and oxygen atoms in total. The molecule has 6 aromatic heterocycles. The van der Waals surface area contributed by atoms with Crippen molar-refractivity contribution in [1.29, 1.82) is 0 Å². The Balaban J connectivity index is 1.39. The summed E-state index contributed by atoms with van der Waals surface area (Å²) in [7, 11) is 0. The summed E-state index contributed by atoms with van der Waals surface area (Å²) in [6.45, 7) is 7.46. The maximum absolute atomic E-state index is 16.1. The second-order valence-corrected chi connectivity index (χ2v) is 12.0. The molecule has 0 aliphatic carbocycles. The minimum atomic E-state index is -0.607. The van der Waals surface area contributed by atoms with Crippen LogP contribution in [0.5, 0.6) is 0 Å². The number of thiophene rings is 1. The zero-order valence-corrected chi connectivity index (χ0v) is 23.5. The van der Waals surface area contributed by atoms with Gasteiger partial charge in [-0.25, -0.2) is 14.4 Å². The Hall–Kier alpha value is -4.84. The Morgan fingerprint density at radius 1 is 1.07 bits per heavy atom. The molecule has 0 aromatic carbocycles. The lowest BCUT2D eigenvalue weighted by Gasteiger charge is -2.17. The highest BCUT2D eigenvalue weighted by Crippen LogP contribution is 2.36. The van der Waals surface area contributed by atoms with Gasteiger partial charge >= 0.3 is 0 Å².